The molecule has 1 aromatic heterocycles. The Bertz CT molecular complexity index is 244. The molecular formula is C6H8BN2O2. The van der Waals surface area contributed by atoms with Crippen molar-refractivity contribution in [1.82, 2.24) is 9.78 Å². The molecule has 0 N–H and O–H groups in total. The summed E-state index contributed by atoms with van der Waals surface area (Å²) in [6.07, 6.45) is 3.78. The summed E-state index contributed by atoms with van der Waals surface area (Å²) in [5, 5.41) is 4.05. The first-order valence-corrected chi connectivity index (χ1v) is 3.46. The number of rotatable bonds is 1. The minimum atomic E-state index is 0.240. The molecule has 2 rings (SSSR count). The second kappa shape index (κ2) is 2.67. The van der Waals surface area contributed by atoms with Crippen LogP contribution >= 0.6 is 0 Å². The highest BCUT2D eigenvalue weighted by Crippen LogP contribution is 2.18. The van der Waals surface area contributed by atoms with Gasteiger partial charge >= 0.3 is 7.48 Å². The Balaban J connectivity index is 2.15. The van der Waals surface area contributed by atoms with E-state index in [0.29, 0.717) is 6.61 Å². The lowest BCUT2D eigenvalue weighted by molar-refractivity contribution is -0.183. The average molecular weight is 151 g/mol. The predicted molar refractivity (Wildman–Crippen MR) is 38.7 cm³/mol. The van der Waals surface area contributed by atoms with Gasteiger partial charge in [-0.25, -0.2) is 0 Å². The van der Waals surface area contributed by atoms with Crippen molar-refractivity contribution in [3.8, 4) is 0 Å². The first kappa shape index (κ1) is 6.88. The Labute approximate surface area is 65.3 Å². The lowest BCUT2D eigenvalue weighted by Crippen LogP contribution is -2.02. The van der Waals surface area contributed by atoms with E-state index in [2.05, 4.69) is 9.90 Å². The number of aromatic nitrogens is 2. The summed E-state index contributed by atoms with van der Waals surface area (Å²) in [7, 11) is 3.57. The standard InChI is InChI=1S/C6H8BN2O2/c1-9-3-5(2-8-9)6-4-10-11-7-6/h2-3,6H,4H2,1H3. The quantitative estimate of drug-likeness (QED) is 0.420. The van der Waals surface area contributed by atoms with Crippen molar-refractivity contribution in [3.05, 3.63) is 18.0 Å². The second-order valence-corrected chi connectivity index (χ2v) is 2.57. The summed E-state index contributed by atoms with van der Waals surface area (Å²) in [4.78, 5) is 9.39. The van der Waals surface area contributed by atoms with Gasteiger partial charge in [-0.3, -0.25) is 9.57 Å². The van der Waals surface area contributed by atoms with E-state index in [1.807, 2.05) is 19.4 Å². The molecule has 0 amide bonds. The number of hydrogen-bond acceptors (Lipinski definition) is 3. The Morgan fingerprint density at radius 3 is 3.27 bits per heavy atom. The SMILES string of the molecule is Cn1cc(C2[B]OOC2)cn1. The molecule has 5 heteroatoms. The van der Waals surface area contributed by atoms with Gasteiger partial charge in [-0.1, -0.05) is 0 Å². The van der Waals surface area contributed by atoms with Gasteiger partial charge in [0, 0.05) is 19.1 Å². The number of hydrogen-bond donors (Lipinski definition) is 0. The third kappa shape index (κ3) is 1.29. The minimum absolute atomic E-state index is 0.240. The zero-order chi connectivity index (χ0) is 7.68. The second-order valence-electron chi connectivity index (χ2n) is 2.57. The molecule has 1 saturated heterocycles. The highest BCUT2D eigenvalue weighted by molar-refractivity contribution is 6.30. The van der Waals surface area contributed by atoms with Crippen molar-refractivity contribution in [3.63, 3.8) is 0 Å². The van der Waals surface area contributed by atoms with Crippen LogP contribution < -0.4 is 0 Å². The summed E-state index contributed by atoms with van der Waals surface area (Å²) < 4.78 is 1.77. The molecule has 1 atom stereocenters. The van der Waals surface area contributed by atoms with Gasteiger partial charge in [-0.15, -0.1) is 0 Å². The summed E-state index contributed by atoms with van der Waals surface area (Å²) in [5.41, 5.74) is 1.13. The average Bonchev–Trinajstić information content (AvgIpc) is 2.55. The van der Waals surface area contributed by atoms with Gasteiger partial charge in [0.2, 0.25) is 0 Å². The molecule has 1 unspecified atom stereocenters. The van der Waals surface area contributed by atoms with E-state index >= 15 is 0 Å². The Kier molecular flexibility index (Phi) is 1.67. The highest BCUT2D eigenvalue weighted by atomic mass is 17.2. The molecule has 0 spiro atoms. The normalized spacial score (nSPS) is 23.5. The number of aryl methyl sites for hydroxylation is 1. The summed E-state index contributed by atoms with van der Waals surface area (Å²) in [5.74, 6) is 0.240. The maximum atomic E-state index is 4.73. The molecule has 11 heavy (non-hydrogen) atoms. The Morgan fingerprint density at radius 1 is 1.82 bits per heavy atom. The molecular weight excluding hydrogens is 143 g/mol. The molecule has 0 aromatic carbocycles. The van der Waals surface area contributed by atoms with Gasteiger partial charge in [0.25, 0.3) is 0 Å². The summed E-state index contributed by atoms with van der Waals surface area (Å²) in [6, 6.07) is 0. The molecule has 1 radical (unpaired) electrons. The molecule has 0 aliphatic carbocycles. The fraction of sp³-hybridized carbons (Fsp3) is 0.500. The largest absolute Gasteiger partial charge is 0.354 e. The molecule has 57 valence electrons. The topological polar surface area (TPSA) is 36.3 Å². The van der Waals surface area contributed by atoms with Crippen molar-refractivity contribution in [1.29, 1.82) is 0 Å². The van der Waals surface area contributed by atoms with Crippen LogP contribution in [0.15, 0.2) is 12.4 Å². The van der Waals surface area contributed by atoms with Gasteiger partial charge in [0.15, 0.2) is 0 Å². The van der Waals surface area contributed by atoms with Crippen LogP contribution in [0.1, 0.15) is 11.4 Å². The van der Waals surface area contributed by atoms with Crippen LogP contribution in [-0.4, -0.2) is 23.9 Å². The molecule has 1 aliphatic rings. The van der Waals surface area contributed by atoms with Gasteiger partial charge in [0.05, 0.1) is 12.8 Å². The Hall–Kier alpha value is -0.805. The van der Waals surface area contributed by atoms with E-state index in [1.165, 1.54) is 0 Å². The highest BCUT2D eigenvalue weighted by Gasteiger charge is 2.22. The van der Waals surface area contributed by atoms with Crippen LogP contribution in [0.25, 0.3) is 0 Å². The predicted octanol–water partition coefficient (Wildman–Crippen LogP) is 0.0422. The molecule has 1 fully saturated rings. The zero-order valence-electron chi connectivity index (χ0n) is 6.23. The molecule has 4 nitrogen and oxygen atoms in total. The maximum Gasteiger partial charge on any atom is 0.354 e. The van der Waals surface area contributed by atoms with Crippen molar-refractivity contribution in [2.75, 3.05) is 6.61 Å². The van der Waals surface area contributed by atoms with E-state index < -0.39 is 0 Å². The third-order valence-electron chi connectivity index (χ3n) is 1.69. The summed E-state index contributed by atoms with van der Waals surface area (Å²) in [6.45, 7) is 0.589. The summed E-state index contributed by atoms with van der Waals surface area (Å²) >= 11 is 0. The van der Waals surface area contributed by atoms with Crippen LogP contribution in [0.3, 0.4) is 0 Å². The smallest absolute Gasteiger partial charge is 0.310 e. The fourth-order valence-electron chi connectivity index (χ4n) is 1.06. The third-order valence-corrected chi connectivity index (χ3v) is 1.69. The van der Waals surface area contributed by atoms with Gasteiger partial charge in [0.1, 0.15) is 0 Å². The molecule has 0 bridgehead atoms. The maximum absolute atomic E-state index is 4.73. The van der Waals surface area contributed by atoms with Gasteiger partial charge in [-0.2, -0.15) is 5.10 Å². The van der Waals surface area contributed by atoms with E-state index in [4.69, 9.17) is 4.89 Å². The van der Waals surface area contributed by atoms with Crippen LogP contribution in [0.4, 0.5) is 0 Å². The zero-order valence-corrected chi connectivity index (χ0v) is 6.23. The van der Waals surface area contributed by atoms with Crippen LogP contribution in [0.2, 0.25) is 0 Å². The monoisotopic (exact) mass is 151 g/mol. The van der Waals surface area contributed by atoms with E-state index in [1.54, 1.807) is 12.2 Å². The molecule has 1 aromatic rings. The number of nitrogens with zero attached hydrogens (tertiary/aromatic N) is 2. The van der Waals surface area contributed by atoms with Gasteiger partial charge < -0.3 is 4.81 Å². The molecule has 0 saturated carbocycles. The van der Waals surface area contributed by atoms with E-state index in [0.717, 1.165) is 5.56 Å². The van der Waals surface area contributed by atoms with E-state index in [-0.39, 0.29) is 5.82 Å². The van der Waals surface area contributed by atoms with Crippen molar-refractivity contribution in [2.45, 2.75) is 5.82 Å². The first-order valence-electron chi connectivity index (χ1n) is 3.46. The van der Waals surface area contributed by atoms with Crippen molar-refractivity contribution in [2.24, 2.45) is 7.05 Å². The van der Waals surface area contributed by atoms with Crippen molar-refractivity contribution >= 4 is 7.48 Å². The van der Waals surface area contributed by atoms with E-state index in [9.17, 15) is 0 Å². The minimum Gasteiger partial charge on any atom is -0.310 e. The van der Waals surface area contributed by atoms with Crippen LogP contribution in [0, 0.1) is 0 Å². The van der Waals surface area contributed by atoms with Crippen LogP contribution in [-0.2, 0) is 16.7 Å². The van der Waals surface area contributed by atoms with Crippen LogP contribution in [0.5, 0.6) is 0 Å². The molecule has 1 aliphatic heterocycles. The fourth-order valence-corrected chi connectivity index (χ4v) is 1.06. The molecule has 2 heterocycles. The lowest BCUT2D eigenvalue weighted by atomic mass is 9.78. The Morgan fingerprint density at radius 2 is 2.73 bits per heavy atom. The van der Waals surface area contributed by atoms with Crippen molar-refractivity contribution < 1.29 is 9.69 Å². The van der Waals surface area contributed by atoms with Gasteiger partial charge in [-0.05, 0) is 5.56 Å². The lowest BCUT2D eigenvalue weighted by Gasteiger charge is -1.96. The first-order chi connectivity index (χ1) is 5.36.